The Labute approximate surface area is 133 Å². The van der Waals surface area contributed by atoms with Gasteiger partial charge in [0.15, 0.2) is 5.69 Å². The summed E-state index contributed by atoms with van der Waals surface area (Å²) in [6, 6.07) is 9.11. The van der Waals surface area contributed by atoms with Crippen LogP contribution < -0.4 is 10.1 Å². The van der Waals surface area contributed by atoms with Crippen molar-refractivity contribution in [3.8, 4) is 5.75 Å². The van der Waals surface area contributed by atoms with Crippen LogP contribution in [0, 0.1) is 6.92 Å². The van der Waals surface area contributed by atoms with Gasteiger partial charge >= 0.3 is 0 Å². The van der Waals surface area contributed by atoms with Crippen molar-refractivity contribution < 1.29 is 9.53 Å². The Hall–Kier alpha value is -3.09. The normalized spacial score (nSPS) is 10.5. The zero-order valence-electron chi connectivity index (χ0n) is 12.9. The summed E-state index contributed by atoms with van der Waals surface area (Å²) in [5.74, 6) is 0.327. The van der Waals surface area contributed by atoms with Gasteiger partial charge in [0.05, 0.1) is 12.8 Å². The third-order valence-corrected chi connectivity index (χ3v) is 3.33. The Morgan fingerprint density at radius 1 is 1.26 bits per heavy atom. The molecule has 0 aliphatic rings. The van der Waals surface area contributed by atoms with E-state index < -0.39 is 0 Å². The molecule has 2 aromatic heterocycles. The average Bonchev–Trinajstić information content (AvgIpc) is 3.20. The number of nitrogens with zero attached hydrogens (tertiary/aromatic N) is 4. The second-order valence-electron chi connectivity index (χ2n) is 5.09. The van der Waals surface area contributed by atoms with Gasteiger partial charge in [0.1, 0.15) is 12.4 Å². The van der Waals surface area contributed by atoms with E-state index in [1.54, 1.807) is 34.9 Å². The Kier molecular flexibility index (Phi) is 4.09. The molecule has 0 unspecified atom stereocenters. The summed E-state index contributed by atoms with van der Waals surface area (Å²) >= 11 is 0. The number of nitrogens with one attached hydrogen (secondary N) is 1. The minimum Gasteiger partial charge on any atom is -0.495 e. The van der Waals surface area contributed by atoms with Crippen molar-refractivity contribution in [1.82, 2.24) is 19.6 Å². The minimum absolute atomic E-state index is 0.284. The summed E-state index contributed by atoms with van der Waals surface area (Å²) < 4.78 is 8.63. The molecule has 7 nitrogen and oxygen atoms in total. The standard InChI is InChI=1S/C16H17N5O2/c1-12-4-5-15(23-2)14(10-12)18-16(22)13-6-9-21(19-13)11-20-8-3-7-17-20/h3-10H,11H2,1-2H3,(H,18,22). The van der Waals surface area contributed by atoms with Crippen LogP contribution in [-0.4, -0.2) is 32.6 Å². The molecule has 0 fully saturated rings. The molecule has 1 amide bonds. The van der Waals surface area contributed by atoms with Gasteiger partial charge in [-0.3, -0.25) is 14.2 Å². The molecule has 1 N–H and O–H groups in total. The molecule has 0 spiro atoms. The number of rotatable bonds is 5. The Balaban J connectivity index is 1.74. The van der Waals surface area contributed by atoms with Gasteiger partial charge in [0.25, 0.3) is 5.91 Å². The lowest BCUT2D eigenvalue weighted by Crippen LogP contribution is -2.15. The van der Waals surface area contributed by atoms with E-state index in [1.807, 2.05) is 37.4 Å². The quantitative estimate of drug-likeness (QED) is 0.783. The maximum absolute atomic E-state index is 12.3. The maximum atomic E-state index is 12.3. The summed E-state index contributed by atoms with van der Waals surface area (Å²) in [7, 11) is 1.57. The molecular formula is C16H17N5O2. The number of methoxy groups -OCH3 is 1. The van der Waals surface area contributed by atoms with Crippen LogP contribution in [0.15, 0.2) is 48.9 Å². The lowest BCUT2D eigenvalue weighted by atomic mass is 10.2. The molecular weight excluding hydrogens is 294 g/mol. The van der Waals surface area contributed by atoms with Crippen molar-refractivity contribution in [3.63, 3.8) is 0 Å². The van der Waals surface area contributed by atoms with E-state index in [-0.39, 0.29) is 5.91 Å². The fraction of sp³-hybridized carbons (Fsp3) is 0.188. The zero-order valence-corrected chi connectivity index (χ0v) is 12.9. The number of ether oxygens (including phenoxy) is 1. The fourth-order valence-corrected chi connectivity index (χ4v) is 2.20. The monoisotopic (exact) mass is 311 g/mol. The first-order valence-corrected chi connectivity index (χ1v) is 7.12. The second kappa shape index (κ2) is 6.35. The highest BCUT2D eigenvalue weighted by atomic mass is 16.5. The number of carbonyl (C=O) groups excluding carboxylic acids is 1. The third-order valence-electron chi connectivity index (χ3n) is 3.33. The summed E-state index contributed by atoms with van der Waals surface area (Å²) in [6.45, 7) is 2.40. The highest BCUT2D eigenvalue weighted by Crippen LogP contribution is 2.25. The Morgan fingerprint density at radius 3 is 2.87 bits per heavy atom. The molecule has 23 heavy (non-hydrogen) atoms. The number of carbonyl (C=O) groups is 1. The van der Waals surface area contributed by atoms with E-state index in [0.29, 0.717) is 23.8 Å². The zero-order chi connectivity index (χ0) is 16.2. The van der Waals surface area contributed by atoms with E-state index in [1.165, 1.54) is 0 Å². The van der Waals surface area contributed by atoms with Crippen molar-refractivity contribution in [2.45, 2.75) is 13.6 Å². The van der Waals surface area contributed by atoms with E-state index >= 15 is 0 Å². The van der Waals surface area contributed by atoms with Crippen LogP contribution in [0.5, 0.6) is 5.75 Å². The number of anilines is 1. The molecule has 0 radical (unpaired) electrons. The van der Waals surface area contributed by atoms with Crippen molar-refractivity contribution in [2.75, 3.05) is 12.4 Å². The van der Waals surface area contributed by atoms with Crippen molar-refractivity contribution in [3.05, 3.63) is 60.2 Å². The highest BCUT2D eigenvalue weighted by molar-refractivity contribution is 6.03. The number of hydrogen-bond donors (Lipinski definition) is 1. The topological polar surface area (TPSA) is 74.0 Å². The van der Waals surface area contributed by atoms with Crippen LogP contribution in [0.25, 0.3) is 0 Å². The summed E-state index contributed by atoms with van der Waals surface area (Å²) in [5.41, 5.74) is 1.99. The van der Waals surface area contributed by atoms with Crippen LogP contribution >= 0.6 is 0 Å². The molecule has 1 aromatic carbocycles. The smallest absolute Gasteiger partial charge is 0.276 e. The average molecular weight is 311 g/mol. The minimum atomic E-state index is -0.284. The Morgan fingerprint density at radius 2 is 2.13 bits per heavy atom. The molecule has 0 aliphatic carbocycles. The summed E-state index contributed by atoms with van der Waals surface area (Å²) in [6.07, 6.45) is 5.27. The highest BCUT2D eigenvalue weighted by Gasteiger charge is 2.13. The van der Waals surface area contributed by atoms with Gasteiger partial charge in [0.2, 0.25) is 0 Å². The molecule has 0 bridgehead atoms. The van der Waals surface area contributed by atoms with Crippen molar-refractivity contribution in [2.24, 2.45) is 0 Å². The lowest BCUT2D eigenvalue weighted by molar-refractivity contribution is 0.102. The van der Waals surface area contributed by atoms with Gasteiger partial charge in [0, 0.05) is 18.6 Å². The number of benzene rings is 1. The van der Waals surface area contributed by atoms with E-state index in [2.05, 4.69) is 15.5 Å². The van der Waals surface area contributed by atoms with E-state index in [9.17, 15) is 4.79 Å². The van der Waals surface area contributed by atoms with Crippen LogP contribution in [0.3, 0.4) is 0 Å². The molecule has 0 aliphatic heterocycles. The largest absolute Gasteiger partial charge is 0.495 e. The summed E-state index contributed by atoms with van der Waals surface area (Å²) in [4.78, 5) is 12.3. The van der Waals surface area contributed by atoms with Crippen LogP contribution in [0.4, 0.5) is 5.69 Å². The van der Waals surface area contributed by atoms with Gasteiger partial charge in [-0.05, 0) is 36.8 Å². The SMILES string of the molecule is COc1ccc(C)cc1NC(=O)c1ccn(Cn2cccn2)n1. The molecule has 2 heterocycles. The summed E-state index contributed by atoms with van der Waals surface area (Å²) in [5, 5.41) is 11.2. The van der Waals surface area contributed by atoms with Crippen LogP contribution in [-0.2, 0) is 6.67 Å². The molecule has 0 saturated carbocycles. The van der Waals surface area contributed by atoms with Gasteiger partial charge in [-0.2, -0.15) is 10.2 Å². The maximum Gasteiger partial charge on any atom is 0.276 e. The molecule has 118 valence electrons. The lowest BCUT2D eigenvalue weighted by Gasteiger charge is -2.10. The number of amides is 1. The second-order valence-corrected chi connectivity index (χ2v) is 5.09. The first-order chi connectivity index (χ1) is 11.2. The first kappa shape index (κ1) is 14.8. The van der Waals surface area contributed by atoms with E-state index in [0.717, 1.165) is 5.56 Å². The van der Waals surface area contributed by atoms with Gasteiger partial charge in [-0.25, -0.2) is 0 Å². The first-order valence-electron chi connectivity index (χ1n) is 7.12. The third kappa shape index (κ3) is 3.39. The predicted molar refractivity (Wildman–Crippen MR) is 85.5 cm³/mol. The van der Waals surface area contributed by atoms with Gasteiger partial charge in [-0.15, -0.1) is 0 Å². The van der Waals surface area contributed by atoms with Crippen LogP contribution in [0.1, 0.15) is 16.1 Å². The Bertz CT molecular complexity index is 808. The predicted octanol–water partition coefficient (Wildman–Crippen LogP) is 2.15. The molecule has 0 atom stereocenters. The fourth-order valence-electron chi connectivity index (χ4n) is 2.20. The molecule has 3 rings (SSSR count). The van der Waals surface area contributed by atoms with Crippen LogP contribution in [0.2, 0.25) is 0 Å². The number of hydrogen-bond acceptors (Lipinski definition) is 4. The van der Waals surface area contributed by atoms with Gasteiger partial charge in [-0.1, -0.05) is 6.07 Å². The molecule has 7 heteroatoms. The van der Waals surface area contributed by atoms with E-state index in [4.69, 9.17) is 4.74 Å². The van der Waals surface area contributed by atoms with Gasteiger partial charge < -0.3 is 10.1 Å². The number of aromatic nitrogens is 4. The van der Waals surface area contributed by atoms with Crippen molar-refractivity contribution >= 4 is 11.6 Å². The van der Waals surface area contributed by atoms with Crippen molar-refractivity contribution in [1.29, 1.82) is 0 Å². The molecule has 3 aromatic rings. The molecule has 0 saturated heterocycles. The number of aryl methyl sites for hydroxylation is 1.